The fourth-order valence-electron chi connectivity index (χ4n) is 1.26. The van der Waals surface area contributed by atoms with Gasteiger partial charge < -0.3 is 4.74 Å². The van der Waals surface area contributed by atoms with Crippen LogP contribution in [0.25, 0.3) is 0 Å². The maximum atomic E-state index is 12.0. The van der Waals surface area contributed by atoms with Crippen LogP contribution in [0.2, 0.25) is 0 Å². The first kappa shape index (κ1) is 12.0. The molecule has 0 unspecified atom stereocenters. The molecule has 1 aromatic rings. The highest BCUT2D eigenvalue weighted by molar-refractivity contribution is 5.83. The van der Waals surface area contributed by atoms with Crippen molar-refractivity contribution in [2.24, 2.45) is 0 Å². The fourth-order valence-corrected chi connectivity index (χ4v) is 1.26. The van der Waals surface area contributed by atoms with Crippen LogP contribution in [-0.4, -0.2) is 17.8 Å². The van der Waals surface area contributed by atoms with E-state index in [-0.39, 0.29) is 23.2 Å². The van der Waals surface area contributed by atoms with Crippen molar-refractivity contribution in [2.45, 2.75) is 13.5 Å². The maximum absolute atomic E-state index is 12.0. The summed E-state index contributed by atoms with van der Waals surface area (Å²) >= 11 is 0. The van der Waals surface area contributed by atoms with Crippen LogP contribution in [-0.2, 0) is 0 Å². The molecular weight excluding hydrogens is 224 g/mol. The van der Waals surface area contributed by atoms with Crippen LogP contribution >= 0.6 is 0 Å². The highest BCUT2D eigenvalue weighted by Gasteiger charge is 2.21. The number of halogens is 2. The number of nitrogens with zero attached hydrogens (tertiary/aromatic N) is 1. The molecule has 0 saturated carbocycles. The van der Waals surface area contributed by atoms with Gasteiger partial charge in [0.15, 0.2) is 6.29 Å². The van der Waals surface area contributed by atoms with Crippen LogP contribution in [0.3, 0.4) is 0 Å². The van der Waals surface area contributed by atoms with Crippen molar-refractivity contribution in [3.05, 3.63) is 33.4 Å². The van der Waals surface area contributed by atoms with Crippen molar-refractivity contribution in [3.63, 3.8) is 0 Å². The lowest BCUT2D eigenvalue weighted by Gasteiger charge is -2.08. The first-order valence-electron chi connectivity index (χ1n) is 4.15. The minimum atomic E-state index is -3.07. The van der Waals surface area contributed by atoms with E-state index in [0.717, 1.165) is 12.1 Å². The summed E-state index contributed by atoms with van der Waals surface area (Å²) in [5.41, 5.74) is -0.799. The molecule has 0 amide bonds. The highest BCUT2D eigenvalue weighted by Crippen LogP contribution is 2.31. The van der Waals surface area contributed by atoms with Gasteiger partial charge in [-0.25, -0.2) is 0 Å². The molecule has 0 N–H and O–H groups in total. The molecular formula is C9H7F2NO4. The van der Waals surface area contributed by atoms with Gasteiger partial charge in [0.25, 0.3) is 5.69 Å². The van der Waals surface area contributed by atoms with Crippen LogP contribution in [0.15, 0.2) is 12.1 Å². The zero-order chi connectivity index (χ0) is 12.3. The Kier molecular flexibility index (Phi) is 3.49. The van der Waals surface area contributed by atoms with E-state index in [1.807, 2.05) is 0 Å². The second kappa shape index (κ2) is 4.65. The van der Waals surface area contributed by atoms with Gasteiger partial charge in [-0.15, -0.1) is 0 Å². The number of carbonyl (C=O) groups excluding carboxylic acids is 1. The largest absolute Gasteiger partial charge is 0.434 e. The number of nitro groups is 1. The molecule has 0 aromatic heterocycles. The topological polar surface area (TPSA) is 69.4 Å². The Labute approximate surface area is 88.8 Å². The molecule has 1 aromatic carbocycles. The Balaban J connectivity index is 3.31. The van der Waals surface area contributed by atoms with Gasteiger partial charge in [-0.2, -0.15) is 8.78 Å². The van der Waals surface area contributed by atoms with E-state index in [2.05, 4.69) is 4.74 Å². The molecule has 0 spiro atoms. The van der Waals surface area contributed by atoms with Crippen LogP contribution < -0.4 is 4.74 Å². The number of hydrogen-bond acceptors (Lipinski definition) is 4. The Morgan fingerprint density at radius 3 is 2.56 bits per heavy atom. The van der Waals surface area contributed by atoms with E-state index >= 15 is 0 Å². The third-order valence-electron chi connectivity index (χ3n) is 1.94. The summed E-state index contributed by atoms with van der Waals surface area (Å²) in [7, 11) is 0. The Hall–Kier alpha value is -2.05. The summed E-state index contributed by atoms with van der Waals surface area (Å²) in [6, 6.07) is 2.16. The number of aldehydes is 1. The molecule has 0 fully saturated rings. The van der Waals surface area contributed by atoms with E-state index < -0.39 is 17.2 Å². The average Bonchev–Trinajstić information content (AvgIpc) is 2.19. The number of benzene rings is 1. The van der Waals surface area contributed by atoms with E-state index in [1.54, 1.807) is 0 Å². The number of ether oxygens (including phenoxy) is 1. The number of alkyl halides is 2. The van der Waals surface area contributed by atoms with E-state index in [1.165, 1.54) is 6.92 Å². The van der Waals surface area contributed by atoms with E-state index in [9.17, 15) is 23.7 Å². The van der Waals surface area contributed by atoms with E-state index in [0.29, 0.717) is 0 Å². The van der Waals surface area contributed by atoms with Crippen molar-refractivity contribution in [2.75, 3.05) is 0 Å². The first-order valence-corrected chi connectivity index (χ1v) is 4.15. The standard InChI is InChI=1S/C9H7F2NO4/c1-5-7(16-9(10)11)3-2-6(4-13)8(5)12(14)15/h2-4,9H,1H3. The second-order valence-corrected chi connectivity index (χ2v) is 2.88. The summed E-state index contributed by atoms with van der Waals surface area (Å²) in [6.45, 7) is -1.83. The predicted octanol–water partition coefficient (Wildman–Crippen LogP) is 2.32. The summed E-state index contributed by atoms with van der Waals surface area (Å²) in [5.74, 6) is -0.313. The first-order chi connectivity index (χ1) is 7.47. The van der Waals surface area contributed by atoms with Crippen molar-refractivity contribution < 1.29 is 23.2 Å². The van der Waals surface area contributed by atoms with Gasteiger partial charge >= 0.3 is 6.61 Å². The van der Waals surface area contributed by atoms with Crippen molar-refractivity contribution in [1.82, 2.24) is 0 Å². The minimum absolute atomic E-state index is 0.102. The number of rotatable bonds is 4. The summed E-state index contributed by atoms with van der Waals surface area (Å²) < 4.78 is 28.0. The van der Waals surface area contributed by atoms with Crippen LogP contribution in [0, 0.1) is 17.0 Å². The lowest BCUT2D eigenvalue weighted by atomic mass is 10.1. The lowest BCUT2D eigenvalue weighted by molar-refractivity contribution is -0.385. The van der Waals surface area contributed by atoms with Gasteiger partial charge in [-0.3, -0.25) is 14.9 Å². The molecule has 0 aliphatic heterocycles. The average molecular weight is 231 g/mol. The third-order valence-corrected chi connectivity index (χ3v) is 1.94. The zero-order valence-electron chi connectivity index (χ0n) is 8.15. The van der Waals surface area contributed by atoms with Gasteiger partial charge in [0, 0.05) is 0 Å². The molecule has 0 atom stereocenters. The Morgan fingerprint density at radius 1 is 1.50 bits per heavy atom. The quantitative estimate of drug-likeness (QED) is 0.453. The molecule has 1 rings (SSSR count). The lowest BCUT2D eigenvalue weighted by Crippen LogP contribution is -2.06. The van der Waals surface area contributed by atoms with Crippen molar-refractivity contribution >= 4 is 12.0 Å². The number of nitro benzene ring substituents is 1. The van der Waals surface area contributed by atoms with Gasteiger partial charge in [0.05, 0.1) is 16.1 Å². The summed E-state index contributed by atoms with van der Waals surface area (Å²) in [6.07, 6.45) is 0.289. The molecule has 0 saturated heterocycles. The molecule has 5 nitrogen and oxygen atoms in total. The van der Waals surface area contributed by atoms with Crippen LogP contribution in [0.1, 0.15) is 15.9 Å². The van der Waals surface area contributed by atoms with Gasteiger partial charge in [0.2, 0.25) is 0 Å². The van der Waals surface area contributed by atoms with Crippen LogP contribution in [0.5, 0.6) is 5.75 Å². The number of hydrogen-bond donors (Lipinski definition) is 0. The second-order valence-electron chi connectivity index (χ2n) is 2.88. The summed E-state index contributed by atoms with van der Waals surface area (Å²) in [5, 5.41) is 10.6. The summed E-state index contributed by atoms with van der Waals surface area (Å²) in [4.78, 5) is 20.4. The monoisotopic (exact) mass is 231 g/mol. The van der Waals surface area contributed by atoms with Crippen molar-refractivity contribution in [1.29, 1.82) is 0 Å². The number of carbonyl (C=O) groups is 1. The highest BCUT2D eigenvalue weighted by atomic mass is 19.3. The molecule has 0 bridgehead atoms. The maximum Gasteiger partial charge on any atom is 0.387 e. The molecule has 0 aliphatic rings. The normalized spacial score (nSPS) is 10.2. The molecule has 16 heavy (non-hydrogen) atoms. The van der Waals surface area contributed by atoms with Gasteiger partial charge in [0.1, 0.15) is 5.75 Å². The molecule has 0 radical (unpaired) electrons. The molecule has 0 heterocycles. The Bertz CT molecular complexity index is 434. The fraction of sp³-hybridized carbons (Fsp3) is 0.222. The van der Waals surface area contributed by atoms with Crippen LogP contribution in [0.4, 0.5) is 14.5 Å². The molecule has 86 valence electrons. The van der Waals surface area contributed by atoms with E-state index in [4.69, 9.17) is 0 Å². The Morgan fingerprint density at radius 2 is 2.12 bits per heavy atom. The predicted molar refractivity (Wildman–Crippen MR) is 49.9 cm³/mol. The SMILES string of the molecule is Cc1c(OC(F)F)ccc(C=O)c1[N+](=O)[O-]. The minimum Gasteiger partial charge on any atom is -0.434 e. The van der Waals surface area contributed by atoms with Gasteiger partial charge in [-0.05, 0) is 19.1 Å². The molecule has 0 aliphatic carbocycles. The van der Waals surface area contributed by atoms with Crippen molar-refractivity contribution in [3.8, 4) is 5.75 Å². The smallest absolute Gasteiger partial charge is 0.387 e. The zero-order valence-corrected chi connectivity index (χ0v) is 8.15. The van der Waals surface area contributed by atoms with Gasteiger partial charge in [-0.1, -0.05) is 0 Å². The third kappa shape index (κ3) is 2.30. The molecule has 7 heteroatoms.